The summed E-state index contributed by atoms with van der Waals surface area (Å²) in [5.74, 6) is -1.92. The number of carbonyl (C=O) groups is 1. The number of nitrogens with one attached hydrogen (secondary N) is 1. The van der Waals surface area contributed by atoms with E-state index in [1.807, 2.05) is 30.3 Å². The van der Waals surface area contributed by atoms with Gasteiger partial charge in [-0.15, -0.1) is 16.4 Å². The highest BCUT2D eigenvalue weighted by atomic mass is 32.1. The Morgan fingerprint density at radius 2 is 1.97 bits per heavy atom. The molecule has 1 N–H and O–H groups in total. The average Bonchev–Trinajstić information content (AvgIpc) is 3.47. The van der Waals surface area contributed by atoms with E-state index in [1.165, 1.54) is 22.3 Å². The Hall–Kier alpha value is -3.54. The standard InChI is InChI=1S/C18H13F3N6O2S/c19-18(20,21)17-24-14(26-29-17)13-7-6-12(30-13)9-27-10-23-15(25-27)16(28)22-8-11-4-2-1-3-5-11/h1-7,10H,8-9H2,(H,22,28). The van der Waals surface area contributed by atoms with Gasteiger partial charge in [0.15, 0.2) is 0 Å². The highest BCUT2D eigenvalue weighted by molar-refractivity contribution is 7.15. The molecule has 0 fully saturated rings. The summed E-state index contributed by atoms with van der Waals surface area (Å²) in [7, 11) is 0. The fraction of sp³-hybridized carbons (Fsp3) is 0.167. The first-order chi connectivity index (χ1) is 14.4. The molecule has 1 aromatic carbocycles. The Labute approximate surface area is 171 Å². The highest BCUT2D eigenvalue weighted by Gasteiger charge is 2.38. The third-order valence-electron chi connectivity index (χ3n) is 3.90. The van der Waals surface area contributed by atoms with Crippen molar-refractivity contribution < 1.29 is 22.5 Å². The number of carbonyl (C=O) groups excluding carboxylic acids is 1. The van der Waals surface area contributed by atoms with Crippen LogP contribution < -0.4 is 5.32 Å². The molecule has 0 aliphatic carbocycles. The number of halogens is 3. The van der Waals surface area contributed by atoms with Crippen molar-refractivity contribution in [2.45, 2.75) is 19.3 Å². The lowest BCUT2D eigenvalue weighted by Crippen LogP contribution is -2.24. The summed E-state index contributed by atoms with van der Waals surface area (Å²) >= 11 is 1.19. The molecule has 0 unspecified atom stereocenters. The lowest BCUT2D eigenvalue weighted by Gasteiger charge is -2.02. The molecule has 0 spiro atoms. The van der Waals surface area contributed by atoms with E-state index in [1.54, 1.807) is 12.1 Å². The van der Waals surface area contributed by atoms with Gasteiger partial charge in [-0.1, -0.05) is 35.5 Å². The van der Waals surface area contributed by atoms with Crippen molar-refractivity contribution in [2.24, 2.45) is 0 Å². The van der Waals surface area contributed by atoms with E-state index in [2.05, 4.69) is 30.1 Å². The van der Waals surface area contributed by atoms with Crippen molar-refractivity contribution in [1.82, 2.24) is 30.2 Å². The second kappa shape index (κ2) is 8.06. The van der Waals surface area contributed by atoms with Crippen molar-refractivity contribution in [1.29, 1.82) is 0 Å². The number of hydrogen-bond donors (Lipinski definition) is 1. The van der Waals surface area contributed by atoms with Crippen LogP contribution in [-0.4, -0.2) is 30.8 Å². The summed E-state index contributed by atoms with van der Waals surface area (Å²) in [5, 5.41) is 10.2. The van der Waals surface area contributed by atoms with E-state index in [0.29, 0.717) is 11.4 Å². The number of hydrogen-bond acceptors (Lipinski definition) is 7. The molecule has 0 aliphatic rings. The van der Waals surface area contributed by atoms with E-state index >= 15 is 0 Å². The monoisotopic (exact) mass is 434 g/mol. The molecule has 3 aromatic heterocycles. The molecule has 4 aromatic rings. The van der Waals surface area contributed by atoms with Gasteiger partial charge < -0.3 is 9.84 Å². The van der Waals surface area contributed by atoms with Crippen LogP contribution in [0.3, 0.4) is 0 Å². The molecule has 0 saturated heterocycles. The van der Waals surface area contributed by atoms with Crippen LogP contribution in [0.2, 0.25) is 0 Å². The zero-order chi connectivity index (χ0) is 21.1. The SMILES string of the molecule is O=C(NCc1ccccc1)c1ncn(Cc2ccc(-c3noc(C(F)(F)F)n3)s2)n1. The first-order valence-corrected chi connectivity index (χ1v) is 9.42. The molecule has 1 amide bonds. The molecule has 8 nitrogen and oxygen atoms in total. The summed E-state index contributed by atoms with van der Waals surface area (Å²) in [6.45, 7) is 0.640. The maximum absolute atomic E-state index is 12.6. The average molecular weight is 434 g/mol. The lowest BCUT2D eigenvalue weighted by atomic mass is 10.2. The van der Waals surface area contributed by atoms with E-state index in [9.17, 15) is 18.0 Å². The molecule has 0 atom stereocenters. The number of rotatable bonds is 6. The van der Waals surface area contributed by atoms with Gasteiger partial charge in [-0.05, 0) is 17.7 Å². The minimum absolute atomic E-state index is 0.0238. The van der Waals surface area contributed by atoms with Crippen LogP contribution >= 0.6 is 11.3 Å². The number of alkyl halides is 3. The van der Waals surface area contributed by atoms with E-state index in [-0.39, 0.29) is 18.2 Å². The number of benzene rings is 1. The Morgan fingerprint density at radius 1 is 1.17 bits per heavy atom. The third kappa shape index (κ3) is 4.54. The van der Waals surface area contributed by atoms with Crippen LogP contribution in [0, 0.1) is 0 Å². The quantitative estimate of drug-likeness (QED) is 0.500. The molecule has 154 valence electrons. The van der Waals surface area contributed by atoms with Gasteiger partial charge in [0.1, 0.15) is 6.33 Å². The van der Waals surface area contributed by atoms with Crippen LogP contribution in [0.15, 0.2) is 53.3 Å². The van der Waals surface area contributed by atoms with Gasteiger partial charge in [-0.2, -0.15) is 18.2 Å². The topological polar surface area (TPSA) is 98.7 Å². The maximum Gasteiger partial charge on any atom is 0.471 e. The summed E-state index contributed by atoms with van der Waals surface area (Å²) in [6, 6.07) is 12.7. The number of nitrogens with zero attached hydrogens (tertiary/aromatic N) is 5. The first kappa shape index (κ1) is 19.8. The number of thiophene rings is 1. The fourth-order valence-corrected chi connectivity index (χ4v) is 3.44. The zero-order valence-electron chi connectivity index (χ0n) is 15.1. The Kier molecular flexibility index (Phi) is 5.31. The molecule has 0 saturated carbocycles. The van der Waals surface area contributed by atoms with Gasteiger partial charge in [0, 0.05) is 11.4 Å². The van der Waals surface area contributed by atoms with Gasteiger partial charge in [0.25, 0.3) is 5.91 Å². The van der Waals surface area contributed by atoms with Gasteiger partial charge in [0.2, 0.25) is 11.6 Å². The normalized spacial score (nSPS) is 11.6. The molecule has 3 heterocycles. The van der Waals surface area contributed by atoms with Crippen LogP contribution in [0.25, 0.3) is 10.7 Å². The van der Waals surface area contributed by atoms with Crippen molar-refractivity contribution in [3.8, 4) is 10.7 Å². The molecule has 0 aliphatic heterocycles. The second-order valence-electron chi connectivity index (χ2n) is 6.12. The molecule has 0 bridgehead atoms. The minimum atomic E-state index is -4.69. The van der Waals surface area contributed by atoms with Crippen molar-refractivity contribution in [2.75, 3.05) is 0 Å². The third-order valence-corrected chi connectivity index (χ3v) is 4.97. The molecule has 30 heavy (non-hydrogen) atoms. The number of amides is 1. The van der Waals surface area contributed by atoms with Gasteiger partial charge >= 0.3 is 12.1 Å². The fourth-order valence-electron chi connectivity index (χ4n) is 2.51. The van der Waals surface area contributed by atoms with Crippen molar-refractivity contribution in [3.05, 3.63) is 70.9 Å². The van der Waals surface area contributed by atoms with E-state index in [0.717, 1.165) is 10.4 Å². The van der Waals surface area contributed by atoms with E-state index in [4.69, 9.17) is 0 Å². The molecule has 4 rings (SSSR count). The first-order valence-electron chi connectivity index (χ1n) is 8.60. The largest absolute Gasteiger partial charge is 0.471 e. The lowest BCUT2D eigenvalue weighted by molar-refractivity contribution is -0.159. The summed E-state index contributed by atoms with van der Waals surface area (Å²) < 4.78 is 43.5. The predicted molar refractivity (Wildman–Crippen MR) is 99.3 cm³/mol. The minimum Gasteiger partial charge on any atom is -0.345 e. The highest BCUT2D eigenvalue weighted by Crippen LogP contribution is 2.31. The molecular formula is C18H13F3N6O2S. The summed E-state index contributed by atoms with van der Waals surface area (Å²) in [4.78, 5) is 20.7. The Bertz CT molecular complexity index is 1150. The summed E-state index contributed by atoms with van der Waals surface area (Å²) in [6.07, 6.45) is -3.28. The van der Waals surface area contributed by atoms with Crippen LogP contribution in [0.1, 0.15) is 27.0 Å². The molecule has 12 heteroatoms. The van der Waals surface area contributed by atoms with Crippen LogP contribution in [-0.2, 0) is 19.3 Å². The van der Waals surface area contributed by atoms with Crippen LogP contribution in [0.5, 0.6) is 0 Å². The van der Waals surface area contributed by atoms with Crippen molar-refractivity contribution in [3.63, 3.8) is 0 Å². The zero-order valence-corrected chi connectivity index (χ0v) is 15.9. The molecule has 0 radical (unpaired) electrons. The maximum atomic E-state index is 12.6. The van der Waals surface area contributed by atoms with Gasteiger partial charge in [0.05, 0.1) is 11.4 Å². The van der Waals surface area contributed by atoms with Gasteiger partial charge in [-0.25, -0.2) is 9.67 Å². The Balaban J connectivity index is 1.38. The predicted octanol–water partition coefficient (Wildman–Crippen LogP) is 3.39. The van der Waals surface area contributed by atoms with E-state index < -0.39 is 18.0 Å². The smallest absolute Gasteiger partial charge is 0.345 e. The molecular weight excluding hydrogens is 421 g/mol. The summed E-state index contributed by atoms with van der Waals surface area (Å²) in [5.41, 5.74) is 0.951. The van der Waals surface area contributed by atoms with Crippen molar-refractivity contribution >= 4 is 17.2 Å². The Morgan fingerprint density at radius 3 is 2.70 bits per heavy atom. The second-order valence-corrected chi connectivity index (χ2v) is 7.29. The number of aromatic nitrogens is 5. The van der Waals surface area contributed by atoms with Gasteiger partial charge in [-0.3, -0.25) is 4.79 Å². The van der Waals surface area contributed by atoms with Crippen LogP contribution in [0.4, 0.5) is 13.2 Å².